The van der Waals surface area contributed by atoms with Crippen LogP contribution in [0.15, 0.2) is 28.9 Å². The molecule has 0 saturated carbocycles. The highest BCUT2D eigenvalue weighted by atomic mass is 16.5. The average molecular weight is 204 g/mol. The average Bonchev–Trinajstić information content (AvgIpc) is 2.66. The monoisotopic (exact) mass is 204 g/mol. The molecule has 0 N–H and O–H groups in total. The van der Waals surface area contributed by atoms with Gasteiger partial charge >= 0.3 is 0 Å². The highest BCUT2D eigenvalue weighted by Gasteiger charge is 2.10. The molecule has 0 radical (unpaired) electrons. The van der Waals surface area contributed by atoms with Crippen LogP contribution in [0, 0.1) is 0 Å². The molecule has 15 heavy (non-hydrogen) atoms. The van der Waals surface area contributed by atoms with Crippen molar-refractivity contribution in [1.29, 1.82) is 0 Å². The summed E-state index contributed by atoms with van der Waals surface area (Å²) in [5.41, 5.74) is 1.25. The Hall–Kier alpha value is -1.77. The van der Waals surface area contributed by atoms with Gasteiger partial charge in [0, 0.05) is 10.9 Å². The van der Waals surface area contributed by atoms with Crippen molar-refractivity contribution < 1.29 is 13.9 Å². The van der Waals surface area contributed by atoms with Crippen molar-refractivity contribution in [2.24, 2.45) is 0 Å². The van der Waals surface area contributed by atoms with Gasteiger partial charge in [-0.15, -0.1) is 0 Å². The van der Waals surface area contributed by atoms with E-state index in [1.54, 1.807) is 24.5 Å². The van der Waals surface area contributed by atoms with E-state index in [4.69, 9.17) is 9.15 Å². The Bertz CT molecular complexity index is 483. The Morgan fingerprint density at radius 2 is 2.13 bits per heavy atom. The quantitative estimate of drug-likeness (QED) is 0.721. The first kappa shape index (κ1) is 9.77. The lowest BCUT2D eigenvalue weighted by Gasteiger charge is -2.10. The van der Waals surface area contributed by atoms with Crippen LogP contribution in [0.1, 0.15) is 24.2 Å². The van der Waals surface area contributed by atoms with Crippen LogP contribution in [-0.2, 0) is 0 Å². The molecule has 1 aromatic carbocycles. The van der Waals surface area contributed by atoms with E-state index in [0.29, 0.717) is 16.9 Å². The molecule has 78 valence electrons. The first-order valence-corrected chi connectivity index (χ1v) is 4.84. The van der Waals surface area contributed by atoms with E-state index in [1.165, 1.54) is 0 Å². The fourth-order valence-electron chi connectivity index (χ4n) is 1.51. The second kappa shape index (κ2) is 3.77. The highest BCUT2D eigenvalue weighted by Crippen LogP contribution is 2.29. The number of furan rings is 1. The van der Waals surface area contributed by atoms with Crippen LogP contribution < -0.4 is 4.74 Å². The van der Waals surface area contributed by atoms with Crippen molar-refractivity contribution in [3.8, 4) is 5.75 Å². The number of carbonyl (C=O) groups is 1. The molecule has 3 heteroatoms. The molecule has 1 heterocycles. The van der Waals surface area contributed by atoms with Gasteiger partial charge in [0.05, 0.1) is 12.4 Å². The molecule has 1 aromatic heterocycles. The third kappa shape index (κ3) is 1.73. The molecule has 0 aliphatic heterocycles. The Labute approximate surface area is 87.6 Å². The van der Waals surface area contributed by atoms with Gasteiger partial charge in [-0.3, -0.25) is 4.79 Å². The van der Waals surface area contributed by atoms with E-state index in [2.05, 4.69) is 0 Å². The minimum Gasteiger partial charge on any atom is -0.487 e. The van der Waals surface area contributed by atoms with Gasteiger partial charge in [0.2, 0.25) is 0 Å². The van der Waals surface area contributed by atoms with Crippen LogP contribution in [0.2, 0.25) is 0 Å². The summed E-state index contributed by atoms with van der Waals surface area (Å²) < 4.78 is 10.9. The smallest absolute Gasteiger partial charge is 0.176 e. The first-order chi connectivity index (χ1) is 7.22. The van der Waals surface area contributed by atoms with Gasteiger partial charge in [0.25, 0.3) is 0 Å². The maximum Gasteiger partial charge on any atom is 0.176 e. The molecule has 0 saturated heterocycles. The SMILES string of the molecule is CC(C)Oc1ccc(C=O)c2ccoc12. The zero-order valence-corrected chi connectivity index (χ0v) is 8.69. The van der Waals surface area contributed by atoms with Gasteiger partial charge in [-0.2, -0.15) is 0 Å². The number of hydrogen-bond donors (Lipinski definition) is 0. The third-order valence-corrected chi connectivity index (χ3v) is 2.10. The van der Waals surface area contributed by atoms with Crippen LogP contribution in [-0.4, -0.2) is 12.4 Å². The fourth-order valence-corrected chi connectivity index (χ4v) is 1.51. The van der Waals surface area contributed by atoms with Crippen LogP contribution in [0.5, 0.6) is 5.75 Å². The second-order valence-corrected chi connectivity index (χ2v) is 3.60. The number of rotatable bonds is 3. The molecule has 0 unspecified atom stereocenters. The molecule has 0 bridgehead atoms. The zero-order chi connectivity index (χ0) is 10.8. The molecule has 0 amide bonds. The van der Waals surface area contributed by atoms with Crippen molar-refractivity contribution in [2.75, 3.05) is 0 Å². The summed E-state index contributed by atoms with van der Waals surface area (Å²) in [6.45, 7) is 3.89. The minimum absolute atomic E-state index is 0.0837. The van der Waals surface area contributed by atoms with Gasteiger partial charge in [0.1, 0.15) is 0 Å². The summed E-state index contributed by atoms with van der Waals surface area (Å²) in [5.74, 6) is 0.676. The van der Waals surface area contributed by atoms with Crippen molar-refractivity contribution in [3.63, 3.8) is 0 Å². The van der Waals surface area contributed by atoms with Crippen LogP contribution in [0.4, 0.5) is 0 Å². The van der Waals surface area contributed by atoms with Crippen molar-refractivity contribution in [3.05, 3.63) is 30.0 Å². The van der Waals surface area contributed by atoms with E-state index in [1.807, 2.05) is 13.8 Å². The minimum atomic E-state index is 0.0837. The predicted molar refractivity (Wildman–Crippen MR) is 57.4 cm³/mol. The van der Waals surface area contributed by atoms with Gasteiger partial charge < -0.3 is 9.15 Å². The fraction of sp³-hybridized carbons (Fsp3) is 0.250. The Morgan fingerprint density at radius 3 is 2.80 bits per heavy atom. The van der Waals surface area contributed by atoms with E-state index in [9.17, 15) is 4.79 Å². The summed E-state index contributed by atoms with van der Waals surface area (Å²) in [5, 5.41) is 0.795. The van der Waals surface area contributed by atoms with Crippen molar-refractivity contribution in [2.45, 2.75) is 20.0 Å². The standard InChI is InChI=1S/C12H12O3/c1-8(2)15-11-4-3-9(7-13)10-5-6-14-12(10)11/h3-8H,1-2H3. The van der Waals surface area contributed by atoms with Crippen LogP contribution >= 0.6 is 0 Å². The van der Waals surface area contributed by atoms with Crippen molar-refractivity contribution in [1.82, 2.24) is 0 Å². The lowest BCUT2D eigenvalue weighted by Crippen LogP contribution is -2.05. The van der Waals surface area contributed by atoms with E-state index in [-0.39, 0.29) is 6.10 Å². The lowest BCUT2D eigenvalue weighted by atomic mass is 10.1. The number of carbonyl (C=O) groups excluding carboxylic acids is 1. The summed E-state index contributed by atoms with van der Waals surface area (Å²) in [6, 6.07) is 5.27. The summed E-state index contributed by atoms with van der Waals surface area (Å²) in [4.78, 5) is 10.8. The van der Waals surface area contributed by atoms with Gasteiger partial charge in [0.15, 0.2) is 17.6 Å². The van der Waals surface area contributed by atoms with Gasteiger partial charge in [-0.25, -0.2) is 0 Å². The molecule has 0 aliphatic rings. The van der Waals surface area contributed by atoms with Gasteiger partial charge in [-0.1, -0.05) is 0 Å². The Balaban J connectivity index is 2.58. The number of benzene rings is 1. The summed E-state index contributed by atoms with van der Waals surface area (Å²) in [6.07, 6.45) is 2.46. The molecule has 0 atom stereocenters. The second-order valence-electron chi connectivity index (χ2n) is 3.60. The maximum absolute atomic E-state index is 10.8. The number of fused-ring (bicyclic) bond motifs is 1. The topological polar surface area (TPSA) is 39.4 Å². The molecular weight excluding hydrogens is 192 g/mol. The van der Waals surface area contributed by atoms with E-state index < -0.39 is 0 Å². The van der Waals surface area contributed by atoms with E-state index in [0.717, 1.165) is 11.7 Å². The zero-order valence-electron chi connectivity index (χ0n) is 8.69. The predicted octanol–water partition coefficient (Wildman–Crippen LogP) is 3.03. The molecule has 2 rings (SSSR count). The van der Waals surface area contributed by atoms with Crippen LogP contribution in [0.25, 0.3) is 11.0 Å². The largest absolute Gasteiger partial charge is 0.487 e. The van der Waals surface area contributed by atoms with E-state index >= 15 is 0 Å². The number of ether oxygens (including phenoxy) is 1. The Kier molecular flexibility index (Phi) is 2.46. The number of aldehydes is 1. The molecule has 3 nitrogen and oxygen atoms in total. The number of hydrogen-bond acceptors (Lipinski definition) is 3. The molecule has 2 aromatic rings. The summed E-state index contributed by atoms with van der Waals surface area (Å²) >= 11 is 0. The maximum atomic E-state index is 10.8. The molecular formula is C12H12O3. The normalized spacial score (nSPS) is 10.9. The summed E-state index contributed by atoms with van der Waals surface area (Å²) in [7, 11) is 0. The Morgan fingerprint density at radius 1 is 1.33 bits per heavy atom. The first-order valence-electron chi connectivity index (χ1n) is 4.84. The lowest BCUT2D eigenvalue weighted by molar-refractivity contribution is 0.112. The molecule has 0 fully saturated rings. The highest BCUT2D eigenvalue weighted by molar-refractivity contribution is 5.98. The third-order valence-electron chi connectivity index (χ3n) is 2.10. The van der Waals surface area contributed by atoms with Gasteiger partial charge in [-0.05, 0) is 32.0 Å². The van der Waals surface area contributed by atoms with Crippen molar-refractivity contribution >= 4 is 17.3 Å². The molecule has 0 spiro atoms. The van der Waals surface area contributed by atoms with Crippen LogP contribution in [0.3, 0.4) is 0 Å². The molecule has 0 aliphatic carbocycles.